The van der Waals surface area contributed by atoms with Gasteiger partial charge in [0.25, 0.3) is 0 Å². The number of nitrogens with zero attached hydrogens (tertiary/aromatic N) is 1. The molecular weight excluding hydrogens is 170 g/mol. The van der Waals surface area contributed by atoms with E-state index in [1.807, 2.05) is 0 Å². The van der Waals surface area contributed by atoms with E-state index in [0.29, 0.717) is 5.38 Å². The topological polar surface area (TPSA) is 3.24 Å². The molecule has 0 aromatic rings. The van der Waals surface area contributed by atoms with Crippen LogP contribution in [-0.2, 0) is 0 Å². The number of hydrogen-bond acceptors (Lipinski definition) is 1. The smallest absolute Gasteiger partial charge is 0.0489 e. The van der Waals surface area contributed by atoms with Gasteiger partial charge in [-0.25, -0.2) is 0 Å². The highest BCUT2D eigenvalue weighted by atomic mass is 35.5. The SMILES string of the molecule is CC1CCN(CC2CC2)CC1Cl. The average Bonchev–Trinajstić information content (AvgIpc) is 2.81. The Kier molecular flexibility index (Phi) is 2.61. The van der Waals surface area contributed by atoms with Crippen molar-refractivity contribution in [3.8, 4) is 0 Å². The average molecular weight is 188 g/mol. The summed E-state index contributed by atoms with van der Waals surface area (Å²) in [7, 11) is 0. The van der Waals surface area contributed by atoms with Crippen molar-refractivity contribution in [2.24, 2.45) is 11.8 Å². The second kappa shape index (κ2) is 3.55. The van der Waals surface area contributed by atoms with Crippen molar-refractivity contribution in [1.82, 2.24) is 4.90 Å². The second-order valence-corrected chi connectivity index (χ2v) is 5.05. The van der Waals surface area contributed by atoms with Crippen molar-refractivity contribution in [3.05, 3.63) is 0 Å². The Morgan fingerprint density at radius 2 is 2.08 bits per heavy atom. The molecule has 1 nitrogen and oxygen atoms in total. The molecule has 2 fully saturated rings. The first kappa shape index (κ1) is 8.83. The predicted octanol–water partition coefficient (Wildman–Crippen LogP) is 2.35. The maximum absolute atomic E-state index is 6.22. The van der Waals surface area contributed by atoms with Crippen LogP contribution in [0.5, 0.6) is 0 Å². The van der Waals surface area contributed by atoms with Gasteiger partial charge >= 0.3 is 0 Å². The van der Waals surface area contributed by atoms with Gasteiger partial charge in [0.1, 0.15) is 0 Å². The summed E-state index contributed by atoms with van der Waals surface area (Å²) in [6.07, 6.45) is 4.21. The van der Waals surface area contributed by atoms with Gasteiger partial charge in [0.2, 0.25) is 0 Å². The third-order valence-electron chi connectivity index (χ3n) is 3.16. The monoisotopic (exact) mass is 187 g/mol. The Morgan fingerprint density at radius 3 is 2.67 bits per heavy atom. The highest BCUT2D eigenvalue weighted by molar-refractivity contribution is 6.21. The van der Waals surface area contributed by atoms with Gasteiger partial charge in [0, 0.05) is 18.5 Å². The fourth-order valence-electron chi connectivity index (χ4n) is 1.92. The molecule has 2 heteroatoms. The van der Waals surface area contributed by atoms with E-state index < -0.39 is 0 Å². The van der Waals surface area contributed by atoms with Crippen LogP contribution in [0.3, 0.4) is 0 Å². The number of likely N-dealkylation sites (tertiary alicyclic amines) is 1. The molecule has 1 saturated carbocycles. The lowest BCUT2D eigenvalue weighted by Gasteiger charge is -2.33. The Balaban J connectivity index is 1.76. The van der Waals surface area contributed by atoms with Crippen molar-refractivity contribution in [2.75, 3.05) is 19.6 Å². The van der Waals surface area contributed by atoms with Gasteiger partial charge in [-0.2, -0.15) is 0 Å². The van der Waals surface area contributed by atoms with Crippen LogP contribution in [0.4, 0.5) is 0 Å². The van der Waals surface area contributed by atoms with E-state index in [2.05, 4.69) is 11.8 Å². The van der Waals surface area contributed by atoms with Gasteiger partial charge in [0.05, 0.1) is 0 Å². The number of piperidine rings is 1. The number of halogens is 1. The van der Waals surface area contributed by atoms with Crippen molar-refractivity contribution in [2.45, 2.75) is 31.6 Å². The van der Waals surface area contributed by atoms with Crippen molar-refractivity contribution < 1.29 is 0 Å². The van der Waals surface area contributed by atoms with Crippen LogP contribution in [0, 0.1) is 11.8 Å². The maximum atomic E-state index is 6.22. The molecule has 2 unspecified atom stereocenters. The summed E-state index contributed by atoms with van der Waals surface area (Å²) in [5, 5.41) is 0.400. The first-order valence-electron chi connectivity index (χ1n) is 5.12. The summed E-state index contributed by atoms with van der Waals surface area (Å²) in [6.45, 7) is 5.99. The number of hydrogen-bond donors (Lipinski definition) is 0. The number of alkyl halides is 1. The Morgan fingerprint density at radius 1 is 1.33 bits per heavy atom. The van der Waals surface area contributed by atoms with E-state index in [9.17, 15) is 0 Å². The molecule has 1 aliphatic carbocycles. The van der Waals surface area contributed by atoms with Crippen LogP contribution in [0.15, 0.2) is 0 Å². The molecule has 70 valence electrons. The molecule has 0 bridgehead atoms. The number of rotatable bonds is 2. The van der Waals surface area contributed by atoms with Gasteiger partial charge < -0.3 is 4.90 Å². The molecule has 1 aliphatic heterocycles. The van der Waals surface area contributed by atoms with Crippen LogP contribution in [0.1, 0.15) is 26.2 Å². The standard InChI is InChI=1S/C10H18ClN/c1-8-4-5-12(7-10(8)11)6-9-2-3-9/h8-10H,2-7H2,1H3. The Labute approximate surface area is 80.1 Å². The van der Waals surface area contributed by atoms with Crippen molar-refractivity contribution in [1.29, 1.82) is 0 Å². The fourth-order valence-corrected chi connectivity index (χ4v) is 2.24. The minimum absolute atomic E-state index is 0.400. The molecule has 0 spiro atoms. The van der Waals surface area contributed by atoms with Crippen LogP contribution < -0.4 is 0 Å². The van der Waals surface area contributed by atoms with Gasteiger partial charge in [-0.15, -0.1) is 11.6 Å². The van der Waals surface area contributed by atoms with Gasteiger partial charge in [-0.3, -0.25) is 0 Å². The molecule has 0 radical (unpaired) electrons. The first-order chi connectivity index (χ1) is 5.75. The highest BCUT2D eigenvalue weighted by Gasteiger charge is 2.29. The summed E-state index contributed by atoms with van der Waals surface area (Å²) < 4.78 is 0. The summed E-state index contributed by atoms with van der Waals surface area (Å²) in [5.74, 6) is 1.74. The molecule has 12 heavy (non-hydrogen) atoms. The van der Waals surface area contributed by atoms with Crippen molar-refractivity contribution >= 4 is 11.6 Å². The Bertz CT molecular complexity index is 156. The van der Waals surface area contributed by atoms with Gasteiger partial charge in [-0.1, -0.05) is 6.92 Å². The molecule has 0 amide bonds. The molecule has 1 heterocycles. The zero-order chi connectivity index (χ0) is 8.55. The van der Waals surface area contributed by atoms with E-state index >= 15 is 0 Å². The minimum Gasteiger partial charge on any atom is -0.302 e. The zero-order valence-electron chi connectivity index (χ0n) is 7.80. The molecule has 0 aromatic carbocycles. The van der Waals surface area contributed by atoms with E-state index in [1.165, 1.54) is 32.4 Å². The van der Waals surface area contributed by atoms with Crippen LogP contribution in [-0.4, -0.2) is 29.9 Å². The molecule has 2 aliphatic rings. The first-order valence-corrected chi connectivity index (χ1v) is 5.56. The van der Waals surface area contributed by atoms with E-state index in [-0.39, 0.29) is 0 Å². The normalized spacial score (nSPS) is 38.5. The largest absolute Gasteiger partial charge is 0.302 e. The summed E-state index contributed by atoms with van der Waals surface area (Å²) in [5.41, 5.74) is 0. The van der Waals surface area contributed by atoms with E-state index in [4.69, 9.17) is 11.6 Å². The minimum atomic E-state index is 0.400. The fraction of sp³-hybridized carbons (Fsp3) is 1.00. The molecule has 1 saturated heterocycles. The summed E-state index contributed by atoms with van der Waals surface area (Å²) >= 11 is 6.22. The molecule has 0 N–H and O–H groups in total. The Hall–Kier alpha value is 0.250. The third kappa shape index (κ3) is 2.14. The third-order valence-corrected chi connectivity index (χ3v) is 3.73. The lowest BCUT2D eigenvalue weighted by atomic mass is 9.98. The lowest BCUT2D eigenvalue weighted by Crippen LogP contribution is -2.41. The molecule has 0 aromatic heterocycles. The molecule has 2 rings (SSSR count). The molecule has 2 atom stereocenters. The van der Waals surface area contributed by atoms with E-state index in [0.717, 1.165) is 18.4 Å². The summed E-state index contributed by atoms with van der Waals surface area (Å²) in [6, 6.07) is 0. The van der Waals surface area contributed by atoms with Crippen LogP contribution >= 0.6 is 11.6 Å². The molecular formula is C10H18ClN. The summed E-state index contributed by atoms with van der Waals surface area (Å²) in [4.78, 5) is 2.55. The zero-order valence-corrected chi connectivity index (χ0v) is 8.56. The van der Waals surface area contributed by atoms with E-state index in [1.54, 1.807) is 0 Å². The van der Waals surface area contributed by atoms with Gasteiger partial charge in [0.15, 0.2) is 0 Å². The van der Waals surface area contributed by atoms with Crippen LogP contribution in [0.2, 0.25) is 0 Å². The van der Waals surface area contributed by atoms with Gasteiger partial charge in [-0.05, 0) is 37.6 Å². The van der Waals surface area contributed by atoms with Crippen molar-refractivity contribution in [3.63, 3.8) is 0 Å². The highest BCUT2D eigenvalue weighted by Crippen LogP contribution is 2.31. The van der Waals surface area contributed by atoms with Crippen LogP contribution in [0.25, 0.3) is 0 Å². The quantitative estimate of drug-likeness (QED) is 0.600. The predicted molar refractivity (Wildman–Crippen MR) is 52.6 cm³/mol. The lowest BCUT2D eigenvalue weighted by molar-refractivity contribution is 0.190. The maximum Gasteiger partial charge on any atom is 0.0489 e. The second-order valence-electron chi connectivity index (χ2n) is 4.48.